The molecule has 22 heavy (non-hydrogen) atoms. The van der Waals surface area contributed by atoms with Crippen LogP contribution in [0.4, 0.5) is 0 Å². The Morgan fingerprint density at radius 3 is 2.64 bits per heavy atom. The molecule has 6 heteroatoms. The highest BCUT2D eigenvalue weighted by molar-refractivity contribution is 5.93. The number of ether oxygens (including phenoxy) is 1. The Morgan fingerprint density at radius 1 is 1.18 bits per heavy atom. The van der Waals surface area contributed by atoms with E-state index in [0.717, 1.165) is 10.9 Å². The van der Waals surface area contributed by atoms with E-state index in [1.165, 1.54) is 12.1 Å². The first kappa shape index (κ1) is 14.1. The van der Waals surface area contributed by atoms with E-state index in [-0.39, 0.29) is 5.75 Å². The topological polar surface area (TPSA) is 82.5 Å². The molecule has 0 aliphatic rings. The van der Waals surface area contributed by atoms with Gasteiger partial charge in [-0.2, -0.15) is 0 Å². The van der Waals surface area contributed by atoms with Crippen LogP contribution in [0, 0.1) is 20.8 Å². The Labute approximate surface area is 125 Å². The van der Waals surface area contributed by atoms with E-state index in [9.17, 15) is 9.59 Å². The third-order valence-corrected chi connectivity index (χ3v) is 3.37. The van der Waals surface area contributed by atoms with Crippen molar-refractivity contribution in [2.24, 2.45) is 0 Å². The SMILES string of the molecule is Cc1noc(C)c1C(=O)Oc1ccc2c(C)cc(=O)oc2c1. The second-order valence-electron chi connectivity index (χ2n) is 5.00. The van der Waals surface area contributed by atoms with E-state index < -0.39 is 11.6 Å². The maximum absolute atomic E-state index is 12.2. The van der Waals surface area contributed by atoms with Gasteiger partial charge in [-0.05, 0) is 38.5 Å². The molecule has 1 aromatic carbocycles. The van der Waals surface area contributed by atoms with E-state index in [1.807, 2.05) is 6.92 Å². The summed E-state index contributed by atoms with van der Waals surface area (Å²) in [6.45, 7) is 5.12. The second kappa shape index (κ2) is 5.14. The fourth-order valence-electron chi connectivity index (χ4n) is 2.30. The van der Waals surface area contributed by atoms with Crippen LogP contribution in [0.15, 0.2) is 38.0 Å². The molecule has 0 radical (unpaired) electrons. The Balaban J connectivity index is 1.98. The number of rotatable bonds is 2. The van der Waals surface area contributed by atoms with Gasteiger partial charge in [0.1, 0.15) is 22.7 Å². The summed E-state index contributed by atoms with van der Waals surface area (Å²) in [7, 11) is 0. The predicted molar refractivity (Wildman–Crippen MR) is 78.2 cm³/mol. The molecule has 2 heterocycles. The van der Waals surface area contributed by atoms with Crippen LogP contribution in [0.3, 0.4) is 0 Å². The van der Waals surface area contributed by atoms with Crippen LogP contribution in [0.2, 0.25) is 0 Å². The fraction of sp³-hybridized carbons (Fsp3) is 0.188. The van der Waals surface area contributed by atoms with Gasteiger partial charge in [-0.15, -0.1) is 0 Å². The van der Waals surface area contributed by atoms with E-state index in [1.54, 1.807) is 26.0 Å². The maximum Gasteiger partial charge on any atom is 0.349 e. The fourth-order valence-corrected chi connectivity index (χ4v) is 2.30. The first-order valence-corrected chi connectivity index (χ1v) is 6.65. The first-order chi connectivity index (χ1) is 10.5. The standard InChI is InChI=1S/C16H13NO5/c1-8-6-14(18)21-13-7-11(4-5-12(8)13)20-16(19)15-9(2)17-22-10(15)3/h4-7H,1-3H3. The van der Waals surface area contributed by atoms with Crippen molar-refractivity contribution >= 4 is 16.9 Å². The lowest BCUT2D eigenvalue weighted by atomic mass is 10.1. The average molecular weight is 299 g/mol. The van der Waals surface area contributed by atoms with Crippen LogP contribution in [0.5, 0.6) is 5.75 Å². The Bertz CT molecular complexity index is 916. The average Bonchev–Trinajstić information content (AvgIpc) is 2.77. The number of fused-ring (bicyclic) bond motifs is 1. The van der Waals surface area contributed by atoms with E-state index in [2.05, 4.69) is 5.16 Å². The summed E-state index contributed by atoms with van der Waals surface area (Å²) in [4.78, 5) is 23.6. The lowest BCUT2D eigenvalue weighted by Gasteiger charge is -2.05. The largest absolute Gasteiger partial charge is 0.423 e. The molecule has 3 rings (SSSR count). The molecule has 0 amide bonds. The zero-order valence-corrected chi connectivity index (χ0v) is 12.3. The monoisotopic (exact) mass is 299 g/mol. The van der Waals surface area contributed by atoms with Gasteiger partial charge in [0.05, 0.1) is 5.69 Å². The summed E-state index contributed by atoms with van der Waals surface area (Å²) in [5, 5.41) is 4.50. The summed E-state index contributed by atoms with van der Waals surface area (Å²) < 4.78 is 15.4. The third-order valence-electron chi connectivity index (χ3n) is 3.37. The van der Waals surface area contributed by atoms with Gasteiger partial charge in [-0.3, -0.25) is 0 Å². The van der Waals surface area contributed by atoms with Crippen LogP contribution >= 0.6 is 0 Å². The van der Waals surface area contributed by atoms with E-state index >= 15 is 0 Å². The molecule has 0 atom stereocenters. The number of nitrogens with zero attached hydrogens (tertiary/aromatic N) is 1. The van der Waals surface area contributed by atoms with Crippen molar-refractivity contribution in [3.63, 3.8) is 0 Å². The summed E-state index contributed by atoms with van der Waals surface area (Å²) in [5.74, 6) is 0.113. The van der Waals surface area contributed by atoms with Gasteiger partial charge >= 0.3 is 11.6 Å². The van der Waals surface area contributed by atoms with Gasteiger partial charge in [0.25, 0.3) is 0 Å². The van der Waals surface area contributed by atoms with Crippen LogP contribution in [0.25, 0.3) is 11.0 Å². The van der Waals surface area contributed by atoms with Gasteiger partial charge in [0.15, 0.2) is 0 Å². The number of carbonyl (C=O) groups is 1. The van der Waals surface area contributed by atoms with Crippen molar-refractivity contribution in [1.82, 2.24) is 5.16 Å². The molecule has 0 saturated heterocycles. The van der Waals surface area contributed by atoms with Gasteiger partial charge in [0, 0.05) is 17.5 Å². The van der Waals surface area contributed by atoms with Gasteiger partial charge in [-0.25, -0.2) is 9.59 Å². The molecule has 0 unspecified atom stereocenters. The zero-order chi connectivity index (χ0) is 15.9. The van der Waals surface area contributed by atoms with Gasteiger partial charge < -0.3 is 13.7 Å². The number of benzene rings is 1. The molecule has 0 spiro atoms. The molecule has 0 N–H and O–H groups in total. The normalized spacial score (nSPS) is 10.9. The minimum Gasteiger partial charge on any atom is -0.423 e. The molecule has 6 nitrogen and oxygen atoms in total. The second-order valence-corrected chi connectivity index (χ2v) is 5.00. The summed E-state index contributed by atoms with van der Waals surface area (Å²) in [6, 6.07) is 6.31. The molecular formula is C16H13NO5. The van der Waals surface area contributed by atoms with E-state index in [0.29, 0.717) is 22.6 Å². The summed E-state index contributed by atoms with van der Waals surface area (Å²) >= 11 is 0. The van der Waals surface area contributed by atoms with Crippen molar-refractivity contribution in [3.8, 4) is 5.75 Å². The maximum atomic E-state index is 12.2. The third kappa shape index (κ3) is 2.39. The number of aryl methyl sites for hydroxylation is 3. The number of esters is 1. The van der Waals surface area contributed by atoms with Crippen LogP contribution in [-0.2, 0) is 0 Å². The number of hydrogen-bond acceptors (Lipinski definition) is 6. The smallest absolute Gasteiger partial charge is 0.349 e. The van der Waals surface area contributed by atoms with Crippen LogP contribution in [0.1, 0.15) is 27.4 Å². The van der Waals surface area contributed by atoms with Crippen LogP contribution in [-0.4, -0.2) is 11.1 Å². The molecular weight excluding hydrogens is 286 g/mol. The van der Waals surface area contributed by atoms with Crippen molar-refractivity contribution in [2.45, 2.75) is 20.8 Å². The number of aromatic nitrogens is 1. The summed E-state index contributed by atoms with van der Waals surface area (Å²) in [5.41, 5.74) is 1.49. The van der Waals surface area contributed by atoms with Crippen LogP contribution < -0.4 is 10.4 Å². The van der Waals surface area contributed by atoms with Crippen molar-refractivity contribution in [1.29, 1.82) is 0 Å². The van der Waals surface area contributed by atoms with Gasteiger partial charge in [0.2, 0.25) is 0 Å². The first-order valence-electron chi connectivity index (χ1n) is 6.65. The lowest BCUT2D eigenvalue weighted by molar-refractivity contribution is 0.0732. The molecule has 3 aromatic rings. The molecule has 0 aliphatic carbocycles. The van der Waals surface area contributed by atoms with Gasteiger partial charge in [-0.1, -0.05) is 5.16 Å². The van der Waals surface area contributed by atoms with Crippen molar-refractivity contribution in [2.75, 3.05) is 0 Å². The minimum atomic E-state index is -0.564. The lowest BCUT2D eigenvalue weighted by Crippen LogP contribution is -2.10. The Kier molecular flexibility index (Phi) is 3.29. The highest BCUT2D eigenvalue weighted by Gasteiger charge is 2.20. The van der Waals surface area contributed by atoms with E-state index in [4.69, 9.17) is 13.7 Å². The summed E-state index contributed by atoms with van der Waals surface area (Å²) in [6.07, 6.45) is 0. The quantitative estimate of drug-likeness (QED) is 0.411. The Hall–Kier alpha value is -2.89. The predicted octanol–water partition coefficient (Wildman–Crippen LogP) is 2.93. The molecule has 0 saturated carbocycles. The minimum absolute atomic E-state index is 0.284. The van der Waals surface area contributed by atoms with Crippen molar-refractivity contribution in [3.05, 3.63) is 57.3 Å². The number of hydrogen-bond donors (Lipinski definition) is 0. The highest BCUT2D eigenvalue weighted by Crippen LogP contribution is 2.23. The number of carbonyl (C=O) groups excluding carboxylic acids is 1. The zero-order valence-electron chi connectivity index (χ0n) is 12.3. The highest BCUT2D eigenvalue weighted by atomic mass is 16.5. The molecule has 0 aliphatic heterocycles. The molecule has 0 bridgehead atoms. The molecule has 2 aromatic heterocycles. The Morgan fingerprint density at radius 2 is 1.95 bits per heavy atom. The molecule has 0 fully saturated rings. The molecule has 112 valence electrons. The van der Waals surface area contributed by atoms with Crippen molar-refractivity contribution < 1.29 is 18.5 Å².